The molecule has 0 saturated heterocycles. The summed E-state index contributed by atoms with van der Waals surface area (Å²) in [6.07, 6.45) is 6.62. The number of halogens is 3. The Balaban J connectivity index is 1.83. The first-order chi connectivity index (χ1) is 13.0. The summed E-state index contributed by atoms with van der Waals surface area (Å²) in [5, 5.41) is 0.748. The van der Waals surface area contributed by atoms with Crippen molar-refractivity contribution in [3.05, 3.63) is 86.5 Å². The van der Waals surface area contributed by atoms with Crippen molar-refractivity contribution in [1.82, 2.24) is 0 Å². The Morgan fingerprint density at radius 3 is 2.56 bits per heavy atom. The number of esters is 1. The number of carbonyl (C=O) groups excluding carboxylic acids is 1. The molecule has 2 aromatic carbocycles. The molecule has 0 radical (unpaired) electrons. The van der Waals surface area contributed by atoms with Gasteiger partial charge in [-0.25, -0.2) is 4.79 Å². The van der Waals surface area contributed by atoms with Gasteiger partial charge < -0.3 is 9.64 Å². The highest BCUT2D eigenvalue weighted by Crippen LogP contribution is 2.43. The van der Waals surface area contributed by atoms with Gasteiger partial charge in [0.25, 0.3) is 0 Å². The van der Waals surface area contributed by atoms with Gasteiger partial charge in [0.05, 0.1) is 15.6 Å². The Morgan fingerprint density at radius 2 is 1.81 bits per heavy atom. The third-order valence-electron chi connectivity index (χ3n) is 4.58. The van der Waals surface area contributed by atoms with Crippen LogP contribution < -0.4 is 9.64 Å². The van der Waals surface area contributed by atoms with Crippen LogP contribution in [0.25, 0.3) is 5.57 Å². The normalized spacial score (nSPS) is 15.3. The Morgan fingerprint density at radius 1 is 1.11 bits per heavy atom. The van der Waals surface area contributed by atoms with Crippen molar-refractivity contribution < 1.29 is 9.53 Å². The molecule has 0 N–H and O–H groups in total. The monoisotopic (exact) mass is 417 g/mol. The summed E-state index contributed by atoms with van der Waals surface area (Å²) < 4.78 is 5.62. The molecule has 2 aromatic rings. The van der Waals surface area contributed by atoms with Gasteiger partial charge in [-0.1, -0.05) is 65.2 Å². The van der Waals surface area contributed by atoms with E-state index in [0.29, 0.717) is 17.0 Å². The van der Waals surface area contributed by atoms with Crippen LogP contribution in [-0.2, 0) is 4.79 Å². The highest BCUT2D eigenvalue weighted by Gasteiger charge is 2.32. The van der Waals surface area contributed by atoms with Crippen LogP contribution in [0.1, 0.15) is 12.0 Å². The zero-order valence-corrected chi connectivity index (χ0v) is 16.6. The predicted octanol–water partition coefficient (Wildman–Crippen LogP) is 6.30. The molecule has 0 bridgehead atoms. The molecule has 1 aliphatic heterocycles. The molecule has 0 saturated carbocycles. The second-order valence-electron chi connectivity index (χ2n) is 6.20. The van der Waals surface area contributed by atoms with Crippen molar-refractivity contribution in [2.24, 2.45) is 0 Å². The smallest absolute Gasteiger partial charge is 0.344 e. The first kappa shape index (κ1) is 18.2. The molecule has 1 aliphatic carbocycles. The van der Waals surface area contributed by atoms with Crippen LogP contribution in [0.4, 0.5) is 5.69 Å². The predicted molar refractivity (Wildman–Crippen MR) is 111 cm³/mol. The van der Waals surface area contributed by atoms with E-state index in [0.717, 1.165) is 22.5 Å². The number of para-hydroxylation sites is 1. The van der Waals surface area contributed by atoms with Crippen molar-refractivity contribution in [3.63, 3.8) is 0 Å². The average molecular weight is 419 g/mol. The van der Waals surface area contributed by atoms with Crippen molar-refractivity contribution in [2.45, 2.75) is 6.42 Å². The van der Waals surface area contributed by atoms with Gasteiger partial charge in [0.2, 0.25) is 0 Å². The van der Waals surface area contributed by atoms with Crippen LogP contribution in [0.5, 0.6) is 5.75 Å². The molecule has 6 heteroatoms. The lowest BCUT2D eigenvalue weighted by molar-refractivity contribution is -0.127. The Labute approximate surface area is 172 Å². The highest BCUT2D eigenvalue weighted by molar-refractivity contribution is 6.40. The lowest BCUT2D eigenvalue weighted by atomic mass is 9.87. The van der Waals surface area contributed by atoms with E-state index in [2.05, 4.69) is 4.90 Å². The molecule has 3 nitrogen and oxygen atoms in total. The maximum atomic E-state index is 13.2. The Bertz CT molecular complexity index is 1030. The van der Waals surface area contributed by atoms with Crippen molar-refractivity contribution in [1.29, 1.82) is 0 Å². The molecule has 0 unspecified atom stereocenters. The highest BCUT2D eigenvalue weighted by atomic mass is 35.5. The lowest BCUT2D eigenvalue weighted by Crippen LogP contribution is -2.28. The minimum Gasteiger partial charge on any atom is -0.420 e. The number of likely N-dealkylation sites (N-methyl/N-ethyl adjacent to an activating group) is 1. The quantitative estimate of drug-likeness (QED) is 0.423. The summed E-state index contributed by atoms with van der Waals surface area (Å²) in [5.41, 5.74) is 4.14. The topological polar surface area (TPSA) is 29.5 Å². The molecule has 1 heterocycles. The zero-order chi connectivity index (χ0) is 19.1. The number of rotatable bonds is 2. The summed E-state index contributed by atoms with van der Waals surface area (Å²) >= 11 is 18.3. The first-order valence-corrected chi connectivity index (χ1v) is 9.41. The number of hydrogen-bond acceptors (Lipinski definition) is 3. The molecule has 0 fully saturated rings. The summed E-state index contributed by atoms with van der Waals surface area (Å²) in [5.74, 6) is -0.396. The molecule has 2 aliphatic rings. The van der Waals surface area contributed by atoms with Crippen LogP contribution in [0.15, 0.2) is 65.9 Å². The number of anilines is 1. The van der Waals surface area contributed by atoms with Gasteiger partial charge in [-0.3, -0.25) is 0 Å². The first-order valence-electron chi connectivity index (χ1n) is 8.27. The Hall–Kier alpha value is -2.20. The number of benzene rings is 2. The van der Waals surface area contributed by atoms with Crippen molar-refractivity contribution in [2.75, 3.05) is 11.9 Å². The van der Waals surface area contributed by atoms with E-state index in [-0.39, 0.29) is 15.8 Å². The van der Waals surface area contributed by atoms with E-state index >= 15 is 0 Å². The zero-order valence-electron chi connectivity index (χ0n) is 14.3. The van der Waals surface area contributed by atoms with E-state index in [1.807, 2.05) is 49.5 Å². The second kappa shape index (κ2) is 7.08. The van der Waals surface area contributed by atoms with E-state index in [1.165, 1.54) is 12.1 Å². The van der Waals surface area contributed by atoms with E-state index in [4.69, 9.17) is 39.5 Å². The standard InChI is InChI=1S/C21H14Cl3NO2/c1-25-17-8-4-2-6-13(17)19(14-7-3-5-9-18(14)25)21(26)27-20-15(23)10-12(22)11-16(20)24/h2-6,8-11H,7H2,1H3. The minimum absolute atomic E-state index is 0.106. The summed E-state index contributed by atoms with van der Waals surface area (Å²) in [6.45, 7) is 0. The third kappa shape index (κ3) is 3.16. The summed E-state index contributed by atoms with van der Waals surface area (Å²) in [6, 6.07) is 10.7. The van der Waals surface area contributed by atoms with Crippen LogP contribution in [0, 0.1) is 0 Å². The minimum atomic E-state index is -0.502. The largest absolute Gasteiger partial charge is 0.420 e. The van der Waals surface area contributed by atoms with Gasteiger partial charge in [-0.2, -0.15) is 0 Å². The average Bonchev–Trinajstić information content (AvgIpc) is 2.65. The SMILES string of the molecule is CN1C2=CC=CCC2=C(C(=O)Oc2c(Cl)cc(Cl)cc2Cl)c2ccccc21. The molecule has 27 heavy (non-hydrogen) atoms. The number of ether oxygens (including phenoxy) is 1. The molecule has 0 atom stereocenters. The fourth-order valence-corrected chi connectivity index (χ4v) is 4.26. The van der Waals surface area contributed by atoms with Gasteiger partial charge in [0.1, 0.15) is 0 Å². The van der Waals surface area contributed by atoms with Gasteiger partial charge in [-0.15, -0.1) is 0 Å². The molecule has 0 spiro atoms. The number of carbonyl (C=O) groups is 1. The van der Waals surface area contributed by atoms with Crippen LogP contribution in [0.2, 0.25) is 15.1 Å². The number of fused-ring (bicyclic) bond motifs is 2. The van der Waals surface area contributed by atoms with Crippen LogP contribution in [-0.4, -0.2) is 13.0 Å². The van der Waals surface area contributed by atoms with Crippen LogP contribution in [0.3, 0.4) is 0 Å². The van der Waals surface area contributed by atoms with E-state index < -0.39 is 5.97 Å². The summed E-state index contributed by atoms with van der Waals surface area (Å²) in [4.78, 5) is 15.3. The van der Waals surface area contributed by atoms with Gasteiger partial charge in [0.15, 0.2) is 5.75 Å². The fraction of sp³-hybridized carbons (Fsp3) is 0.0952. The lowest BCUT2D eigenvalue weighted by Gasteiger charge is -2.34. The molecular formula is C21H14Cl3NO2. The van der Waals surface area contributed by atoms with E-state index in [9.17, 15) is 4.79 Å². The second-order valence-corrected chi connectivity index (χ2v) is 7.45. The third-order valence-corrected chi connectivity index (χ3v) is 5.36. The molecule has 0 amide bonds. The van der Waals surface area contributed by atoms with Crippen molar-refractivity contribution in [3.8, 4) is 5.75 Å². The van der Waals surface area contributed by atoms with E-state index in [1.54, 1.807) is 0 Å². The molecule has 4 rings (SSSR count). The Kier molecular flexibility index (Phi) is 4.77. The van der Waals surface area contributed by atoms with Crippen LogP contribution >= 0.6 is 34.8 Å². The fourth-order valence-electron chi connectivity index (χ4n) is 3.37. The maximum absolute atomic E-state index is 13.2. The van der Waals surface area contributed by atoms with Gasteiger partial charge in [-0.05, 0) is 36.3 Å². The molecular weight excluding hydrogens is 405 g/mol. The van der Waals surface area contributed by atoms with Gasteiger partial charge in [0, 0.05) is 29.0 Å². The number of hydrogen-bond donors (Lipinski definition) is 0. The molecule has 0 aromatic heterocycles. The van der Waals surface area contributed by atoms with Crippen molar-refractivity contribution >= 4 is 52.0 Å². The summed E-state index contributed by atoms with van der Waals surface area (Å²) in [7, 11) is 1.98. The number of allylic oxidation sites excluding steroid dienone is 4. The number of nitrogens with zero attached hydrogens (tertiary/aromatic N) is 1. The molecule has 136 valence electrons. The van der Waals surface area contributed by atoms with Gasteiger partial charge >= 0.3 is 5.97 Å². The maximum Gasteiger partial charge on any atom is 0.344 e.